The van der Waals surface area contributed by atoms with Crippen molar-refractivity contribution in [3.8, 4) is 0 Å². The molecule has 1 aliphatic rings. The Hall–Kier alpha value is -1.96. The van der Waals surface area contributed by atoms with Gasteiger partial charge in [0.05, 0.1) is 16.9 Å². The molecule has 0 aromatic heterocycles. The molecule has 28 heavy (non-hydrogen) atoms. The average molecular weight is 425 g/mol. The topological polar surface area (TPSA) is 66.5 Å². The number of carbonyl (C=O) groups is 1. The number of nitrogens with one attached hydrogen (secondary N) is 1. The Morgan fingerprint density at radius 3 is 2.46 bits per heavy atom. The van der Waals surface area contributed by atoms with E-state index in [1.54, 1.807) is 12.1 Å². The van der Waals surface area contributed by atoms with Crippen molar-refractivity contribution < 1.29 is 17.6 Å². The Labute approximate surface area is 169 Å². The number of carbonyl (C=O) groups excluding carboxylic acids is 1. The first-order valence-corrected chi connectivity index (χ1v) is 10.9. The molecule has 0 spiro atoms. The zero-order valence-electron chi connectivity index (χ0n) is 15.4. The Morgan fingerprint density at radius 2 is 1.82 bits per heavy atom. The number of rotatable bonds is 5. The van der Waals surface area contributed by atoms with Gasteiger partial charge in [-0.3, -0.25) is 4.79 Å². The fraction of sp³-hybridized carbons (Fsp3) is 0.350. The fourth-order valence-electron chi connectivity index (χ4n) is 3.30. The van der Waals surface area contributed by atoms with Crippen molar-refractivity contribution in [1.29, 1.82) is 0 Å². The zero-order valence-corrected chi connectivity index (χ0v) is 17.0. The van der Waals surface area contributed by atoms with Gasteiger partial charge in [0.2, 0.25) is 15.9 Å². The van der Waals surface area contributed by atoms with Crippen LogP contribution in [0, 0.1) is 11.7 Å². The molecule has 8 heteroatoms. The molecular weight excluding hydrogens is 403 g/mol. The van der Waals surface area contributed by atoms with Crippen LogP contribution < -0.4 is 5.32 Å². The first-order valence-electron chi connectivity index (χ1n) is 9.09. The van der Waals surface area contributed by atoms with Crippen LogP contribution in [0.1, 0.15) is 31.4 Å². The Morgan fingerprint density at radius 1 is 1.18 bits per heavy atom. The standard InChI is InChI=1S/C20H22ClFN2O3S/c1-14(15-4-8-18(22)9-5-15)23-20(25)16-3-2-12-24(13-16)28(26,27)19-10-6-17(21)7-11-19/h4-11,14,16H,2-3,12-13H2,1H3,(H,23,25). The van der Waals surface area contributed by atoms with E-state index in [2.05, 4.69) is 5.32 Å². The number of benzene rings is 2. The molecule has 2 aromatic rings. The molecule has 2 atom stereocenters. The molecule has 1 saturated heterocycles. The number of halogens is 2. The molecule has 0 radical (unpaired) electrons. The normalized spacial score (nSPS) is 19.2. The highest BCUT2D eigenvalue weighted by Gasteiger charge is 2.33. The smallest absolute Gasteiger partial charge is 0.243 e. The van der Waals surface area contributed by atoms with E-state index < -0.39 is 15.9 Å². The molecule has 0 saturated carbocycles. The third-order valence-electron chi connectivity index (χ3n) is 4.94. The molecule has 1 heterocycles. The van der Waals surface area contributed by atoms with Gasteiger partial charge in [0.15, 0.2) is 0 Å². The van der Waals surface area contributed by atoms with E-state index in [0.29, 0.717) is 24.4 Å². The number of nitrogens with zero attached hydrogens (tertiary/aromatic N) is 1. The van der Waals surface area contributed by atoms with Crippen molar-refractivity contribution >= 4 is 27.5 Å². The minimum Gasteiger partial charge on any atom is -0.349 e. The predicted octanol–water partition coefficient (Wildman–Crippen LogP) is 3.76. The van der Waals surface area contributed by atoms with Crippen LogP contribution in [0.2, 0.25) is 5.02 Å². The van der Waals surface area contributed by atoms with Gasteiger partial charge in [-0.15, -0.1) is 0 Å². The number of hydrogen-bond acceptors (Lipinski definition) is 3. The maximum Gasteiger partial charge on any atom is 0.243 e. The Kier molecular flexibility index (Phi) is 6.37. The van der Waals surface area contributed by atoms with Crippen LogP contribution in [0.15, 0.2) is 53.4 Å². The zero-order chi connectivity index (χ0) is 20.3. The second-order valence-electron chi connectivity index (χ2n) is 6.94. The SMILES string of the molecule is CC(NC(=O)C1CCCN(S(=O)(=O)c2ccc(Cl)cc2)C1)c1ccc(F)cc1. The predicted molar refractivity (Wildman–Crippen MR) is 106 cm³/mol. The Balaban J connectivity index is 1.67. The second-order valence-corrected chi connectivity index (χ2v) is 9.31. The quantitative estimate of drug-likeness (QED) is 0.794. The third kappa shape index (κ3) is 4.71. The lowest BCUT2D eigenvalue weighted by Gasteiger charge is -2.32. The highest BCUT2D eigenvalue weighted by Crippen LogP contribution is 2.25. The first-order chi connectivity index (χ1) is 13.3. The van der Waals surface area contributed by atoms with Crippen molar-refractivity contribution in [2.24, 2.45) is 5.92 Å². The van der Waals surface area contributed by atoms with Gasteiger partial charge in [-0.25, -0.2) is 12.8 Å². The van der Waals surface area contributed by atoms with Crippen molar-refractivity contribution in [3.63, 3.8) is 0 Å². The number of piperidine rings is 1. The summed E-state index contributed by atoms with van der Waals surface area (Å²) in [6.45, 7) is 2.32. The molecule has 2 unspecified atom stereocenters. The van der Waals surface area contributed by atoms with Crippen LogP contribution in [0.25, 0.3) is 0 Å². The van der Waals surface area contributed by atoms with Crippen LogP contribution in [-0.2, 0) is 14.8 Å². The van der Waals surface area contributed by atoms with E-state index in [1.807, 2.05) is 6.92 Å². The maximum absolute atomic E-state index is 13.1. The van der Waals surface area contributed by atoms with Crippen molar-refractivity contribution in [3.05, 3.63) is 64.9 Å². The molecule has 0 aliphatic carbocycles. The molecule has 1 amide bonds. The van der Waals surface area contributed by atoms with Gasteiger partial charge in [0.1, 0.15) is 5.82 Å². The summed E-state index contributed by atoms with van der Waals surface area (Å²) in [6, 6.07) is 11.7. The lowest BCUT2D eigenvalue weighted by Crippen LogP contribution is -2.45. The summed E-state index contributed by atoms with van der Waals surface area (Å²) >= 11 is 5.84. The maximum atomic E-state index is 13.1. The molecule has 3 rings (SSSR count). The van der Waals surface area contributed by atoms with Gasteiger partial charge >= 0.3 is 0 Å². The van der Waals surface area contributed by atoms with E-state index in [0.717, 1.165) is 5.56 Å². The summed E-state index contributed by atoms with van der Waals surface area (Å²) in [5.74, 6) is -0.968. The lowest BCUT2D eigenvalue weighted by atomic mass is 9.98. The summed E-state index contributed by atoms with van der Waals surface area (Å²) in [7, 11) is -3.68. The average Bonchev–Trinajstić information content (AvgIpc) is 2.69. The van der Waals surface area contributed by atoms with E-state index >= 15 is 0 Å². The number of amides is 1. The van der Waals surface area contributed by atoms with Crippen LogP contribution in [0.5, 0.6) is 0 Å². The van der Waals surface area contributed by atoms with E-state index in [4.69, 9.17) is 11.6 Å². The lowest BCUT2D eigenvalue weighted by molar-refractivity contribution is -0.126. The summed E-state index contributed by atoms with van der Waals surface area (Å²) < 4.78 is 40.1. The van der Waals surface area contributed by atoms with Crippen molar-refractivity contribution in [2.45, 2.75) is 30.7 Å². The highest BCUT2D eigenvalue weighted by atomic mass is 35.5. The second kappa shape index (κ2) is 8.59. The van der Waals surface area contributed by atoms with Crippen molar-refractivity contribution in [2.75, 3.05) is 13.1 Å². The van der Waals surface area contributed by atoms with Crippen molar-refractivity contribution in [1.82, 2.24) is 9.62 Å². The molecule has 1 aliphatic heterocycles. The summed E-state index contributed by atoms with van der Waals surface area (Å²) in [5.41, 5.74) is 0.788. The van der Waals surface area contributed by atoms with Crippen LogP contribution >= 0.6 is 11.6 Å². The molecule has 150 valence electrons. The van der Waals surface area contributed by atoms with Crippen LogP contribution in [-0.4, -0.2) is 31.7 Å². The summed E-state index contributed by atoms with van der Waals surface area (Å²) in [5, 5.41) is 3.37. The van der Waals surface area contributed by atoms with E-state index in [1.165, 1.54) is 40.7 Å². The minimum absolute atomic E-state index is 0.132. The summed E-state index contributed by atoms with van der Waals surface area (Å²) in [6.07, 6.45) is 1.23. The third-order valence-corrected chi connectivity index (χ3v) is 7.07. The molecule has 1 N–H and O–H groups in total. The van der Waals surface area contributed by atoms with Crippen LogP contribution in [0.3, 0.4) is 0 Å². The first kappa shape index (κ1) is 20.8. The van der Waals surface area contributed by atoms with Gasteiger partial charge in [0.25, 0.3) is 0 Å². The van der Waals surface area contributed by atoms with Gasteiger partial charge in [0, 0.05) is 18.1 Å². The number of sulfonamides is 1. The Bertz CT molecular complexity index is 933. The largest absolute Gasteiger partial charge is 0.349 e. The molecule has 2 aromatic carbocycles. The molecule has 0 bridgehead atoms. The van der Waals surface area contributed by atoms with E-state index in [-0.39, 0.29) is 29.2 Å². The summed E-state index contributed by atoms with van der Waals surface area (Å²) in [4.78, 5) is 12.8. The van der Waals surface area contributed by atoms with Gasteiger partial charge in [-0.2, -0.15) is 4.31 Å². The molecular formula is C20H22ClFN2O3S. The van der Waals surface area contributed by atoms with Gasteiger partial charge in [-0.1, -0.05) is 23.7 Å². The molecule has 5 nitrogen and oxygen atoms in total. The highest BCUT2D eigenvalue weighted by molar-refractivity contribution is 7.89. The van der Waals surface area contributed by atoms with E-state index in [9.17, 15) is 17.6 Å². The van der Waals surface area contributed by atoms with Gasteiger partial charge < -0.3 is 5.32 Å². The van der Waals surface area contributed by atoms with Crippen LogP contribution in [0.4, 0.5) is 4.39 Å². The van der Waals surface area contributed by atoms with Gasteiger partial charge in [-0.05, 0) is 61.7 Å². The number of hydrogen-bond donors (Lipinski definition) is 1. The fourth-order valence-corrected chi connectivity index (χ4v) is 4.95. The minimum atomic E-state index is -3.68. The monoisotopic (exact) mass is 424 g/mol. The molecule has 1 fully saturated rings.